The molecule has 6 heteroatoms. The molecule has 26 heavy (non-hydrogen) atoms. The fourth-order valence-electron chi connectivity index (χ4n) is 3.26. The van der Waals surface area contributed by atoms with Gasteiger partial charge in [0, 0.05) is 16.4 Å². The van der Waals surface area contributed by atoms with E-state index in [4.69, 9.17) is 16.3 Å². The number of halogens is 1. The number of hydrogen-bond donors (Lipinski definition) is 1. The highest BCUT2D eigenvalue weighted by atomic mass is 35.5. The van der Waals surface area contributed by atoms with Gasteiger partial charge < -0.3 is 10.1 Å². The minimum absolute atomic E-state index is 0.00248. The van der Waals surface area contributed by atoms with Crippen molar-refractivity contribution in [3.63, 3.8) is 0 Å². The van der Waals surface area contributed by atoms with E-state index in [9.17, 15) is 4.79 Å². The summed E-state index contributed by atoms with van der Waals surface area (Å²) in [5.41, 5.74) is 0. The Balaban J connectivity index is 1.54. The van der Waals surface area contributed by atoms with Gasteiger partial charge in [-0.25, -0.2) is 0 Å². The van der Waals surface area contributed by atoms with Gasteiger partial charge in [-0.05, 0) is 55.6 Å². The molecule has 4 nitrogen and oxygen atoms in total. The van der Waals surface area contributed by atoms with E-state index in [-0.39, 0.29) is 18.6 Å². The van der Waals surface area contributed by atoms with Crippen LogP contribution in [0, 0.1) is 0 Å². The Hall–Kier alpha value is -1.56. The van der Waals surface area contributed by atoms with Crippen molar-refractivity contribution in [3.8, 4) is 5.75 Å². The number of carbonyl (C=O) groups is 1. The molecule has 0 saturated carbocycles. The van der Waals surface area contributed by atoms with Gasteiger partial charge in [0.15, 0.2) is 6.61 Å². The minimum atomic E-state index is -0.110. The maximum absolute atomic E-state index is 12.2. The molecular weight excluding hydrogens is 368 g/mol. The maximum Gasteiger partial charge on any atom is 0.258 e. The Bertz CT molecular complexity index is 685. The normalized spacial score (nSPS) is 16.7. The van der Waals surface area contributed by atoms with Crippen molar-refractivity contribution in [2.75, 3.05) is 26.2 Å². The van der Waals surface area contributed by atoms with Crippen molar-refractivity contribution in [1.29, 1.82) is 0 Å². The van der Waals surface area contributed by atoms with Crippen LogP contribution in [0.25, 0.3) is 0 Å². The smallest absolute Gasteiger partial charge is 0.258 e. The summed E-state index contributed by atoms with van der Waals surface area (Å²) in [5.74, 6) is 0.497. The van der Waals surface area contributed by atoms with Crippen molar-refractivity contribution in [2.45, 2.75) is 31.7 Å². The first-order valence-corrected chi connectivity index (χ1v) is 10.4. The van der Waals surface area contributed by atoms with Gasteiger partial charge in [0.1, 0.15) is 5.75 Å². The quantitative estimate of drug-likeness (QED) is 0.753. The van der Waals surface area contributed by atoms with Crippen molar-refractivity contribution < 1.29 is 9.53 Å². The van der Waals surface area contributed by atoms with Gasteiger partial charge in [-0.1, -0.05) is 36.6 Å². The Morgan fingerprint density at radius 3 is 2.69 bits per heavy atom. The second-order valence-corrected chi connectivity index (χ2v) is 7.95. The van der Waals surface area contributed by atoms with E-state index in [1.165, 1.54) is 30.6 Å². The molecule has 1 unspecified atom stereocenters. The van der Waals surface area contributed by atoms with Crippen molar-refractivity contribution in [1.82, 2.24) is 10.2 Å². The van der Waals surface area contributed by atoms with E-state index >= 15 is 0 Å². The van der Waals surface area contributed by atoms with E-state index in [1.807, 2.05) is 6.07 Å². The first-order valence-electron chi connectivity index (χ1n) is 9.15. The Labute approximate surface area is 164 Å². The molecule has 1 atom stereocenters. The van der Waals surface area contributed by atoms with E-state index in [1.54, 1.807) is 29.5 Å². The van der Waals surface area contributed by atoms with Gasteiger partial charge in [0.25, 0.3) is 5.91 Å². The van der Waals surface area contributed by atoms with Gasteiger partial charge in [0.05, 0.1) is 6.04 Å². The van der Waals surface area contributed by atoms with Crippen LogP contribution < -0.4 is 10.1 Å². The predicted molar refractivity (Wildman–Crippen MR) is 107 cm³/mol. The SMILES string of the molecule is O=C(COc1cccc(Cl)c1)NCC(c1cccs1)N1CCCCCC1. The number of amides is 1. The molecule has 1 aromatic carbocycles. The molecule has 140 valence electrons. The van der Waals surface area contributed by atoms with Gasteiger partial charge in [0.2, 0.25) is 0 Å². The first-order chi connectivity index (χ1) is 12.7. The number of thiophene rings is 1. The number of hydrogen-bond acceptors (Lipinski definition) is 4. The highest BCUT2D eigenvalue weighted by molar-refractivity contribution is 7.10. The summed E-state index contributed by atoms with van der Waals surface area (Å²) in [6, 6.07) is 11.6. The zero-order valence-electron chi connectivity index (χ0n) is 14.8. The molecule has 3 rings (SSSR count). The second kappa shape index (κ2) is 9.95. The monoisotopic (exact) mass is 392 g/mol. The molecule has 1 fully saturated rings. The number of likely N-dealkylation sites (tertiary alicyclic amines) is 1. The van der Waals surface area contributed by atoms with Crippen LogP contribution >= 0.6 is 22.9 Å². The van der Waals surface area contributed by atoms with Crippen LogP contribution in [-0.4, -0.2) is 37.0 Å². The number of rotatable bonds is 7. The molecule has 1 saturated heterocycles. The van der Waals surface area contributed by atoms with E-state index in [2.05, 4.69) is 27.7 Å². The van der Waals surface area contributed by atoms with Crippen LogP contribution in [0.15, 0.2) is 41.8 Å². The lowest BCUT2D eigenvalue weighted by molar-refractivity contribution is -0.123. The first kappa shape index (κ1) is 19.2. The fraction of sp³-hybridized carbons (Fsp3) is 0.450. The molecule has 0 aliphatic carbocycles. The third-order valence-electron chi connectivity index (χ3n) is 4.61. The molecule has 0 radical (unpaired) electrons. The molecule has 1 N–H and O–H groups in total. The molecule has 1 aliphatic rings. The van der Waals surface area contributed by atoms with E-state index in [0.717, 1.165) is 13.1 Å². The summed E-state index contributed by atoms with van der Waals surface area (Å²) in [6.07, 6.45) is 5.06. The third kappa shape index (κ3) is 5.73. The van der Waals surface area contributed by atoms with Crippen LogP contribution in [0.1, 0.15) is 36.6 Å². The maximum atomic E-state index is 12.2. The van der Waals surface area contributed by atoms with E-state index in [0.29, 0.717) is 17.3 Å². The molecule has 0 bridgehead atoms. The summed E-state index contributed by atoms with van der Waals surface area (Å²) in [7, 11) is 0. The Morgan fingerprint density at radius 2 is 2.00 bits per heavy atom. The number of benzene rings is 1. The predicted octanol–water partition coefficient (Wildman–Crippen LogP) is 4.51. The third-order valence-corrected chi connectivity index (χ3v) is 5.82. The van der Waals surface area contributed by atoms with Gasteiger partial charge in [-0.2, -0.15) is 0 Å². The van der Waals surface area contributed by atoms with Gasteiger partial charge in [-0.15, -0.1) is 11.3 Å². The summed E-state index contributed by atoms with van der Waals surface area (Å²) < 4.78 is 5.53. The molecule has 2 heterocycles. The molecule has 1 amide bonds. The average Bonchev–Trinajstić information content (AvgIpc) is 3.03. The topological polar surface area (TPSA) is 41.6 Å². The molecule has 1 aromatic heterocycles. The summed E-state index contributed by atoms with van der Waals surface area (Å²) in [6.45, 7) is 2.80. The minimum Gasteiger partial charge on any atom is -0.484 e. The highest BCUT2D eigenvalue weighted by Gasteiger charge is 2.23. The fourth-order valence-corrected chi connectivity index (χ4v) is 4.31. The van der Waals surface area contributed by atoms with Crippen molar-refractivity contribution in [3.05, 3.63) is 51.7 Å². The highest BCUT2D eigenvalue weighted by Crippen LogP contribution is 2.27. The number of ether oxygens (including phenoxy) is 1. The van der Waals surface area contributed by atoms with Crippen LogP contribution in [0.3, 0.4) is 0 Å². The number of nitrogens with zero attached hydrogens (tertiary/aromatic N) is 1. The molecule has 0 spiro atoms. The van der Waals surface area contributed by atoms with Crippen LogP contribution in [-0.2, 0) is 4.79 Å². The second-order valence-electron chi connectivity index (χ2n) is 6.53. The largest absolute Gasteiger partial charge is 0.484 e. The Morgan fingerprint density at radius 1 is 1.19 bits per heavy atom. The lowest BCUT2D eigenvalue weighted by Gasteiger charge is -2.30. The summed E-state index contributed by atoms with van der Waals surface area (Å²) >= 11 is 7.69. The van der Waals surface area contributed by atoms with Crippen molar-refractivity contribution >= 4 is 28.8 Å². The number of nitrogens with one attached hydrogen (secondary N) is 1. The zero-order valence-corrected chi connectivity index (χ0v) is 16.4. The molecule has 1 aliphatic heterocycles. The summed E-state index contributed by atoms with van der Waals surface area (Å²) in [5, 5.41) is 5.74. The lowest BCUT2D eigenvalue weighted by Crippen LogP contribution is -2.39. The van der Waals surface area contributed by atoms with Crippen LogP contribution in [0.5, 0.6) is 5.75 Å². The van der Waals surface area contributed by atoms with Crippen LogP contribution in [0.4, 0.5) is 0 Å². The molecule has 2 aromatic rings. The molecular formula is C20H25ClN2O2S. The average molecular weight is 393 g/mol. The van der Waals surface area contributed by atoms with E-state index < -0.39 is 0 Å². The van der Waals surface area contributed by atoms with Crippen molar-refractivity contribution in [2.24, 2.45) is 0 Å². The summed E-state index contributed by atoms with van der Waals surface area (Å²) in [4.78, 5) is 16.1. The van der Waals surface area contributed by atoms with Gasteiger partial charge in [-0.3, -0.25) is 9.69 Å². The van der Waals surface area contributed by atoms with Gasteiger partial charge >= 0.3 is 0 Å². The van der Waals surface area contributed by atoms with Crippen LogP contribution in [0.2, 0.25) is 5.02 Å². The standard InChI is InChI=1S/C20H25ClN2O2S/c21-16-7-5-8-17(13-16)25-15-20(24)22-14-18(19-9-6-12-26-19)23-10-3-1-2-4-11-23/h5-9,12-13,18H,1-4,10-11,14-15H2,(H,22,24). The lowest BCUT2D eigenvalue weighted by atomic mass is 10.2. The Kier molecular flexibility index (Phi) is 7.35. The zero-order chi connectivity index (χ0) is 18.2. The number of carbonyl (C=O) groups excluding carboxylic acids is 1.